The number of anilines is 2. The molecule has 2 heterocycles. The Bertz CT molecular complexity index is 614. The average molecular weight is 298 g/mol. The van der Waals surface area contributed by atoms with Gasteiger partial charge < -0.3 is 14.5 Å². The molecule has 5 heteroatoms. The summed E-state index contributed by atoms with van der Waals surface area (Å²) in [5, 5.41) is 0. The highest BCUT2D eigenvalue weighted by atomic mass is 16.5. The molecule has 0 unspecified atom stereocenters. The number of aromatic nitrogens is 2. The lowest BCUT2D eigenvalue weighted by atomic mass is 10.2. The third-order valence-corrected chi connectivity index (χ3v) is 4.05. The Hall–Kier alpha value is -2.30. The van der Waals surface area contributed by atoms with Crippen LogP contribution in [0.25, 0.3) is 0 Å². The van der Waals surface area contributed by atoms with Gasteiger partial charge in [0.05, 0.1) is 7.11 Å². The molecule has 116 valence electrons. The van der Waals surface area contributed by atoms with Crippen LogP contribution in [0.1, 0.15) is 12.1 Å². The number of hydrogen-bond donors (Lipinski definition) is 0. The maximum absolute atomic E-state index is 5.23. The summed E-state index contributed by atoms with van der Waals surface area (Å²) in [5.41, 5.74) is 2.27. The first-order chi connectivity index (χ1) is 10.8. The van der Waals surface area contributed by atoms with E-state index in [-0.39, 0.29) is 0 Å². The van der Waals surface area contributed by atoms with Gasteiger partial charge in [-0.3, -0.25) is 0 Å². The Balaban J connectivity index is 1.69. The van der Waals surface area contributed by atoms with Gasteiger partial charge in [-0.1, -0.05) is 0 Å². The van der Waals surface area contributed by atoms with Crippen LogP contribution in [0.15, 0.2) is 36.7 Å². The molecule has 0 spiro atoms. The van der Waals surface area contributed by atoms with Gasteiger partial charge in [-0.05, 0) is 37.6 Å². The largest absolute Gasteiger partial charge is 0.497 e. The average Bonchev–Trinajstić information content (AvgIpc) is 2.81. The van der Waals surface area contributed by atoms with Crippen molar-refractivity contribution in [2.24, 2.45) is 0 Å². The molecule has 2 aromatic rings. The molecule has 0 radical (unpaired) electrons. The lowest BCUT2D eigenvalue weighted by molar-refractivity contribution is 0.415. The summed E-state index contributed by atoms with van der Waals surface area (Å²) < 4.78 is 5.23. The van der Waals surface area contributed by atoms with Crippen molar-refractivity contribution in [2.45, 2.75) is 13.3 Å². The predicted molar refractivity (Wildman–Crippen MR) is 88.8 cm³/mol. The molecule has 1 aliphatic rings. The summed E-state index contributed by atoms with van der Waals surface area (Å²) in [6, 6.07) is 10.4. The predicted octanol–water partition coefficient (Wildman–Crippen LogP) is 2.51. The lowest BCUT2D eigenvalue weighted by Crippen LogP contribution is -2.31. The number of hydrogen-bond acceptors (Lipinski definition) is 5. The molecule has 0 atom stereocenters. The normalized spacial score (nSPS) is 15.5. The summed E-state index contributed by atoms with van der Waals surface area (Å²) >= 11 is 0. The zero-order valence-corrected chi connectivity index (χ0v) is 13.2. The smallest absolute Gasteiger partial charge is 0.132 e. The molecule has 22 heavy (non-hydrogen) atoms. The van der Waals surface area contributed by atoms with E-state index in [1.807, 2.05) is 19.1 Å². The fourth-order valence-electron chi connectivity index (χ4n) is 2.81. The standard InChI is InChI=1S/C17H22N4O/c1-14-12-17(19-13-18-14)21-9-3-8-20(10-11-21)15-4-6-16(22-2)7-5-15/h4-7,12-13H,3,8-11H2,1-2H3. The van der Waals surface area contributed by atoms with E-state index in [0.717, 1.165) is 49.9 Å². The fraction of sp³-hybridized carbons (Fsp3) is 0.412. The van der Waals surface area contributed by atoms with E-state index in [4.69, 9.17) is 4.74 Å². The Morgan fingerprint density at radius 2 is 1.68 bits per heavy atom. The molecule has 1 saturated heterocycles. The number of benzene rings is 1. The second-order valence-corrected chi connectivity index (χ2v) is 5.54. The SMILES string of the molecule is COc1ccc(N2CCCN(c3cc(C)ncn3)CC2)cc1. The molecule has 3 rings (SSSR count). The van der Waals surface area contributed by atoms with Gasteiger partial charge >= 0.3 is 0 Å². The van der Waals surface area contributed by atoms with Gasteiger partial charge in [0, 0.05) is 43.6 Å². The molecule has 0 aliphatic carbocycles. The van der Waals surface area contributed by atoms with Gasteiger partial charge in [0.15, 0.2) is 0 Å². The zero-order chi connectivity index (χ0) is 15.4. The summed E-state index contributed by atoms with van der Waals surface area (Å²) in [4.78, 5) is 13.4. The molecular weight excluding hydrogens is 276 g/mol. The van der Waals surface area contributed by atoms with Crippen LogP contribution < -0.4 is 14.5 Å². The number of rotatable bonds is 3. The summed E-state index contributed by atoms with van der Waals surface area (Å²) in [5.74, 6) is 1.93. The molecular formula is C17H22N4O. The number of aryl methyl sites for hydroxylation is 1. The molecule has 1 aromatic carbocycles. The molecule has 0 N–H and O–H groups in total. The van der Waals surface area contributed by atoms with Crippen molar-refractivity contribution in [1.82, 2.24) is 9.97 Å². The minimum atomic E-state index is 0.900. The van der Waals surface area contributed by atoms with Crippen molar-refractivity contribution in [3.05, 3.63) is 42.4 Å². The van der Waals surface area contributed by atoms with Gasteiger partial charge in [-0.2, -0.15) is 0 Å². The van der Waals surface area contributed by atoms with Crippen LogP contribution in [0, 0.1) is 6.92 Å². The highest BCUT2D eigenvalue weighted by Gasteiger charge is 2.16. The van der Waals surface area contributed by atoms with Crippen LogP contribution in [-0.2, 0) is 0 Å². The molecule has 0 saturated carbocycles. The third-order valence-electron chi connectivity index (χ3n) is 4.05. The fourth-order valence-corrected chi connectivity index (χ4v) is 2.81. The Labute approximate surface area is 131 Å². The Morgan fingerprint density at radius 3 is 2.41 bits per heavy atom. The summed E-state index contributed by atoms with van der Waals surface area (Å²) in [6.07, 6.45) is 2.77. The maximum Gasteiger partial charge on any atom is 0.132 e. The monoisotopic (exact) mass is 298 g/mol. The molecule has 0 bridgehead atoms. The van der Waals surface area contributed by atoms with Crippen LogP contribution in [0.2, 0.25) is 0 Å². The van der Waals surface area contributed by atoms with E-state index in [2.05, 4.69) is 38.0 Å². The Morgan fingerprint density at radius 1 is 0.955 bits per heavy atom. The van der Waals surface area contributed by atoms with Gasteiger partial charge in [0.1, 0.15) is 17.9 Å². The van der Waals surface area contributed by atoms with E-state index >= 15 is 0 Å². The van der Waals surface area contributed by atoms with Crippen molar-refractivity contribution < 1.29 is 4.74 Å². The molecule has 1 aromatic heterocycles. The topological polar surface area (TPSA) is 41.5 Å². The van der Waals surface area contributed by atoms with E-state index in [0.29, 0.717) is 0 Å². The molecule has 5 nitrogen and oxygen atoms in total. The van der Waals surface area contributed by atoms with Crippen LogP contribution in [0.3, 0.4) is 0 Å². The number of ether oxygens (including phenoxy) is 1. The first-order valence-corrected chi connectivity index (χ1v) is 7.69. The molecule has 1 aliphatic heterocycles. The van der Waals surface area contributed by atoms with Gasteiger partial charge in [0.25, 0.3) is 0 Å². The second kappa shape index (κ2) is 6.64. The van der Waals surface area contributed by atoms with Crippen molar-refractivity contribution in [2.75, 3.05) is 43.1 Å². The van der Waals surface area contributed by atoms with Crippen molar-refractivity contribution >= 4 is 11.5 Å². The van der Waals surface area contributed by atoms with Crippen molar-refractivity contribution in [3.63, 3.8) is 0 Å². The van der Waals surface area contributed by atoms with Crippen molar-refractivity contribution in [3.8, 4) is 5.75 Å². The highest BCUT2D eigenvalue weighted by molar-refractivity contribution is 5.50. The second-order valence-electron chi connectivity index (χ2n) is 5.54. The maximum atomic E-state index is 5.23. The van der Waals surface area contributed by atoms with E-state index in [9.17, 15) is 0 Å². The van der Waals surface area contributed by atoms with Gasteiger partial charge in [-0.15, -0.1) is 0 Å². The quantitative estimate of drug-likeness (QED) is 0.871. The first kappa shape index (κ1) is 14.6. The lowest BCUT2D eigenvalue weighted by Gasteiger charge is -2.24. The highest BCUT2D eigenvalue weighted by Crippen LogP contribution is 2.21. The van der Waals surface area contributed by atoms with Crippen LogP contribution in [0.4, 0.5) is 11.5 Å². The van der Waals surface area contributed by atoms with Crippen LogP contribution in [-0.4, -0.2) is 43.3 Å². The Kier molecular flexibility index (Phi) is 4.42. The minimum absolute atomic E-state index is 0.900. The van der Waals surface area contributed by atoms with Gasteiger partial charge in [-0.25, -0.2) is 9.97 Å². The number of nitrogens with zero attached hydrogens (tertiary/aromatic N) is 4. The van der Waals surface area contributed by atoms with E-state index in [1.54, 1.807) is 13.4 Å². The first-order valence-electron chi connectivity index (χ1n) is 7.69. The van der Waals surface area contributed by atoms with Crippen molar-refractivity contribution in [1.29, 1.82) is 0 Å². The summed E-state index contributed by atoms with van der Waals surface area (Å²) in [7, 11) is 1.70. The van der Waals surface area contributed by atoms with E-state index < -0.39 is 0 Å². The molecule has 0 amide bonds. The molecule has 1 fully saturated rings. The third kappa shape index (κ3) is 3.30. The minimum Gasteiger partial charge on any atom is -0.497 e. The van der Waals surface area contributed by atoms with E-state index in [1.165, 1.54) is 5.69 Å². The van der Waals surface area contributed by atoms with Gasteiger partial charge in [0.2, 0.25) is 0 Å². The number of methoxy groups -OCH3 is 1. The van der Waals surface area contributed by atoms with Crippen LogP contribution >= 0.6 is 0 Å². The zero-order valence-electron chi connectivity index (χ0n) is 13.2. The van der Waals surface area contributed by atoms with Crippen LogP contribution in [0.5, 0.6) is 5.75 Å². The summed E-state index contributed by atoms with van der Waals surface area (Å²) in [6.45, 7) is 6.07.